The largest absolute Gasteiger partial charge is 0.0599 e. The van der Waals surface area contributed by atoms with Crippen LogP contribution in [0.3, 0.4) is 0 Å². The molecule has 2 aliphatic carbocycles. The van der Waals surface area contributed by atoms with Gasteiger partial charge in [-0.25, -0.2) is 0 Å². The van der Waals surface area contributed by atoms with E-state index < -0.39 is 0 Å². The molecule has 2 atom stereocenters. The van der Waals surface area contributed by atoms with Crippen LogP contribution < -0.4 is 0 Å². The zero-order chi connectivity index (χ0) is 21.3. The molecule has 2 rings (SSSR count). The summed E-state index contributed by atoms with van der Waals surface area (Å²) >= 11 is 0. The lowest BCUT2D eigenvalue weighted by Crippen LogP contribution is -2.30. The molecule has 2 saturated carbocycles. The maximum Gasteiger partial charge on any atom is -0.0354 e. The first-order valence-electron chi connectivity index (χ1n) is 11.9. The third-order valence-electron chi connectivity index (χ3n) is 8.06. The van der Waals surface area contributed by atoms with Crippen molar-refractivity contribution in [1.82, 2.24) is 0 Å². The molecule has 27 heavy (non-hydrogen) atoms. The highest BCUT2D eigenvalue weighted by atomic mass is 14.4. The molecule has 0 heterocycles. The van der Waals surface area contributed by atoms with E-state index >= 15 is 0 Å². The van der Waals surface area contributed by atoms with Crippen LogP contribution in [-0.4, -0.2) is 0 Å². The van der Waals surface area contributed by atoms with Gasteiger partial charge in [-0.05, 0) is 90.3 Å². The first-order chi connectivity index (χ1) is 11.9. The number of rotatable bonds is 0. The third kappa shape index (κ3) is 8.10. The summed E-state index contributed by atoms with van der Waals surface area (Å²) in [6, 6.07) is 0. The van der Waals surface area contributed by atoms with Crippen molar-refractivity contribution in [2.24, 2.45) is 45.3 Å². The van der Waals surface area contributed by atoms with E-state index in [1.54, 1.807) is 0 Å². The van der Waals surface area contributed by atoms with Crippen LogP contribution >= 0.6 is 0 Å². The highest BCUT2D eigenvalue weighted by molar-refractivity contribution is 4.88. The van der Waals surface area contributed by atoms with Gasteiger partial charge in [-0.3, -0.25) is 0 Å². The highest BCUT2D eigenvalue weighted by Crippen LogP contribution is 2.48. The Morgan fingerprint density at radius 1 is 0.333 bits per heavy atom. The lowest BCUT2D eigenvalue weighted by Gasteiger charge is -2.41. The van der Waals surface area contributed by atoms with Gasteiger partial charge in [0.25, 0.3) is 0 Å². The first-order valence-corrected chi connectivity index (χ1v) is 11.9. The maximum atomic E-state index is 2.40. The van der Waals surface area contributed by atoms with E-state index in [9.17, 15) is 0 Å². The summed E-state index contributed by atoms with van der Waals surface area (Å²) in [6.07, 6.45) is 10.2. The summed E-state index contributed by atoms with van der Waals surface area (Å²) in [5.41, 5.74) is 2.12. The zero-order valence-corrected chi connectivity index (χ0v) is 21.3. The quantitative estimate of drug-likeness (QED) is 0.393. The zero-order valence-electron chi connectivity index (χ0n) is 21.3. The molecule has 2 fully saturated rings. The van der Waals surface area contributed by atoms with Gasteiger partial charge >= 0.3 is 0 Å². The summed E-state index contributed by atoms with van der Waals surface area (Å²) in [5.74, 6) is 3.83. The Labute approximate surface area is 173 Å². The van der Waals surface area contributed by atoms with Gasteiger partial charge in [-0.15, -0.1) is 0 Å². The fourth-order valence-electron chi connectivity index (χ4n) is 5.38. The minimum atomic E-state index is 0.528. The highest BCUT2D eigenvalue weighted by Gasteiger charge is 2.37. The van der Waals surface area contributed by atoms with E-state index in [2.05, 4.69) is 83.1 Å². The van der Waals surface area contributed by atoms with Gasteiger partial charge in [0.1, 0.15) is 0 Å². The number of hydrogen-bond donors (Lipinski definition) is 0. The molecule has 0 saturated heterocycles. The second-order valence-electron chi connectivity index (χ2n) is 14.2. The predicted octanol–water partition coefficient (Wildman–Crippen LogP) is 9.38. The summed E-state index contributed by atoms with van der Waals surface area (Å²) in [5, 5.41) is 0. The summed E-state index contributed by atoms with van der Waals surface area (Å²) < 4.78 is 0. The van der Waals surface area contributed by atoms with Crippen LogP contribution in [0.1, 0.15) is 128 Å². The van der Waals surface area contributed by atoms with Crippen molar-refractivity contribution >= 4 is 0 Å². The van der Waals surface area contributed by atoms with Crippen LogP contribution in [0.15, 0.2) is 0 Å². The topological polar surface area (TPSA) is 0 Å². The summed E-state index contributed by atoms with van der Waals surface area (Å²) in [6.45, 7) is 28.7. The molecule has 0 bridgehead atoms. The standard InChI is InChI=1S/C14H28.C13H26/c1-13(2,3)11-7-9-12(10-8-11)14(4,5)6;1-12(2,3)10-7-8-11(9-10)13(4,5)6/h11-12H,7-10H2,1-6H3;10-11H,7-9H2,1-6H3. The molecule has 162 valence electrons. The van der Waals surface area contributed by atoms with Crippen molar-refractivity contribution in [3.8, 4) is 0 Å². The molecular formula is C27H54. The number of hydrogen-bond acceptors (Lipinski definition) is 0. The average Bonchev–Trinajstić information content (AvgIpc) is 2.96. The third-order valence-corrected chi connectivity index (χ3v) is 8.06. The van der Waals surface area contributed by atoms with Gasteiger partial charge in [0.15, 0.2) is 0 Å². The second-order valence-corrected chi connectivity index (χ2v) is 14.2. The molecule has 2 aliphatic rings. The first kappa shape index (κ1) is 25.0. The monoisotopic (exact) mass is 378 g/mol. The lowest BCUT2D eigenvalue weighted by molar-refractivity contribution is 0.0970. The van der Waals surface area contributed by atoms with Gasteiger partial charge in [-0.2, -0.15) is 0 Å². The van der Waals surface area contributed by atoms with Crippen molar-refractivity contribution in [2.75, 3.05) is 0 Å². The van der Waals surface area contributed by atoms with Gasteiger partial charge in [0, 0.05) is 0 Å². The van der Waals surface area contributed by atoms with E-state index in [1.165, 1.54) is 44.9 Å². The molecule has 0 aromatic heterocycles. The minimum Gasteiger partial charge on any atom is -0.0599 e. The molecule has 0 radical (unpaired) electrons. The van der Waals surface area contributed by atoms with Gasteiger partial charge in [0.05, 0.1) is 0 Å². The maximum absolute atomic E-state index is 2.40. The van der Waals surface area contributed by atoms with Crippen molar-refractivity contribution in [3.05, 3.63) is 0 Å². The molecule has 0 N–H and O–H groups in total. The fourth-order valence-corrected chi connectivity index (χ4v) is 5.38. The predicted molar refractivity (Wildman–Crippen MR) is 124 cm³/mol. The van der Waals surface area contributed by atoms with Crippen LogP contribution in [0.4, 0.5) is 0 Å². The molecular weight excluding hydrogens is 324 g/mol. The molecule has 0 aliphatic heterocycles. The second kappa shape index (κ2) is 8.79. The van der Waals surface area contributed by atoms with Crippen LogP contribution in [0.5, 0.6) is 0 Å². The van der Waals surface area contributed by atoms with Crippen molar-refractivity contribution in [2.45, 2.75) is 128 Å². The van der Waals surface area contributed by atoms with Crippen LogP contribution in [-0.2, 0) is 0 Å². The van der Waals surface area contributed by atoms with Crippen LogP contribution in [0.2, 0.25) is 0 Å². The van der Waals surface area contributed by atoms with Crippen molar-refractivity contribution in [1.29, 1.82) is 0 Å². The van der Waals surface area contributed by atoms with E-state index in [4.69, 9.17) is 0 Å². The van der Waals surface area contributed by atoms with Gasteiger partial charge < -0.3 is 0 Å². The van der Waals surface area contributed by atoms with Crippen LogP contribution in [0, 0.1) is 45.3 Å². The van der Waals surface area contributed by atoms with E-state index in [1.807, 2.05) is 0 Å². The summed E-state index contributed by atoms with van der Waals surface area (Å²) in [4.78, 5) is 0. The van der Waals surface area contributed by atoms with E-state index in [0.29, 0.717) is 21.7 Å². The Bertz CT molecular complexity index is 379. The SMILES string of the molecule is CC(C)(C)C1CCC(C(C)(C)C)C1.CC(C)(C)C1CCC(C(C)(C)C)CC1. The van der Waals surface area contributed by atoms with Gasteiger partial charge in [-0.1, -0.05) is 83.1 Å². The molecule has 0 amide bonds. The van der Waals surface area contributed by atoms with Crippen molar-refractivity contribution < 1.29 is 0 Å². The van der Waals surface area contributed by atoms with E-state index in [-0.39, 0.29) is 0 Å². The molecule has 0 aromatic rings. The minimum absolute atomic E-state index is 0.528. The Hall–Kier alpha value is 0. The molecule has 0 heteroatoms. The lowest BCUT2D eigenvalue weighted by atomic mass is 9.64. The van der Waals surface area contributed by atoms with E-state index in [0.717, 1.165) is 23.7 Å². The molecule has 0 aromatic carbocycles. The van der Waals surface area contributed by atoms with Gasteiger partial charge in [0.2, 0.25) is 0 Å². The Morgan fingerprint density at radius 2 is 0.519 bits per heavy atom. The molecule has 0 nitrogen and oxygen atoms in total. The molecule has 2 unspecified atom stereocenters. The Morgan fingerprint density at radius 3 is 0.667 bits per heavy atom. The fraction of sp³-hybridized carbons (Fsp3) is 1.00. The Kier molecular flexibility index (Phi) is 8.15. The smallest absolute Gasteiger partial charge is 0.0354 e. The summed E-state index contributed by atoms with van der Waals surface area (Å²) in [7, 11) is 0. The average molecular weight is 379 g/mol. The van der Waals surface area contributed by atoms with Crippen LogP contribution in [0.25, 0.3) is 0 Å². The van der Waals surface area contributed by atoms with Crippen molar-refractivity contribution in [3.63, 3.8) is 0 Å². The Balaban J connectivity index is 0.000000271. The normalized spacial score (nSPS) is 30.7. The molecule has 0 spiro atoms.